The van der Waals surface area contributed by atoms with Crippen LogP contribution in [0, 0.1) is 0 Å². The van der Waals surface area contributed by atoms with Gasteiger partial charge < -0.3 is 20.3 Å². The average Bonchev–Trinajstić information content (AvgIpc) is 3.44. The Morgan fingerprint density at radius 2 is 0.641 bits per heavy atom. The molecule has 0 aromatic rings. The summed E-state index contributed by atoms with van der Waals surface area (Å²) in [5.74, 6) is -0.0187. The monoisotopic (exact) mass is 1100 g/mol. The zero-order chi connectivity index (χ0) is 56.4. The first-order valence-electron chi connectivity index (χ1n) is 35.6. The Kier molecular flexibility index (Phi) is 66.4. The summed E-state index contributed by atoms with van der Waals surface area (Å²) in [6.45, 7) is 4.97. The van der Waals surface area contributed by atoms with Crippen LogP contribution in [0.5, 0.6) is 0 Å². The third kappa shape index (κ3) is 63.5. The van der Waals surface area contributed by atoms with Crippen molar-refractivity contribution in [1.29, 1.82) is 0 Å². The second-order valence-electron chi connectivity index (χ2n) is 24.6. The van der Waals surface area contributed by atoms with Crippen molar-refractivity contribution in [2.45, 2.75) is 411 Å². The molecule has 0 aliphatic rings. The molecule has 6 nitrogen and oxygen atoms in total. The lowest BCUT2D eigenvalue weighted by molar-refractivity contribution is -0.143. The number of aliphatic hydroxyl groups excluding tert-OH is 2. The highest BCUT2D eigenvalue weighted by molar-refractivity contribution is 5.76. The molecule has 0 aromatic heterocycles. The number of rotatable bonds is 67. The summed E-state index contributed by atoms with van der Waals surface area (Å²) in [5, 5.41) is 23.4. The van der Waals surface area contributed by atoms with Crippen molar-refractivity contribution >= 4 is 11.9 Å². The number of unbranched alkanes of at least 4 members (excludes halogenated alkanes) is 52. The molecule has 2 unspecified atom stereocenters. The van der Waals surface area contributed by atoms with E-state index in [1.54, 1.807) is 0 Å². The van der Waals surface area contributed by atoms with Crippen molar-refractivity contribution in [3.8, 4) is 0 Å². The van der Waals surface area contributed by atoms with Gasteiger partial charge in [0.25, 0.3) is 0 Å². The van der Waals surface area contributed by atoms with Gasteiger partial charge in [0.2, 0.25) is 5.91 Å². The molecule has 462 valence electrons. The molecule has 3 N–H and O–H groups in total. The molecule has 0 spiro atoms. The van der Waals surface area contributed by atoms with Gasteiger partial charge in [0, 0.05) is 12.8 Å². The van der Waals surface area contributed by atoms with Crippen molar-refractivity contribution in [1.82, 2.24) is 5.32 Å². The second kappa shape index (κ2) is 67.8. The predicted octanol–water partition coefficient (Wildman–Crippen LogP) is 22.9. The number of hydrogen-bond acceptors (Lipinski definition) is 5. The van der Waals surface area contributed by atoms with Crippen LogP contribution in [-0.2, 0) is 14.3 Å². The van der Waals surface area contributed by atoms with Crippen LogP contribution >= 0.6 is 0 Å². The topological polar surface area (TPSA) is 95.9 Å². The van der Waals surface area contributed by atoms with E-state index in [4.69, 9.17) is 4.74 Å². The number of carbonyl (C=O) groups excluding carboxylic acids is 2. The summed E-state index contributed by atoms with van der Waals surface area (Å²) in [4.78, 5) is 24.7. The lowest BCUT2D eigenvalue weighted by Gasteiger charge is -2.22. The smallest absolute Gasteiger partial charge is 0.305 e. The third-order valence-electron chi connectivity index (χ3n) is 16.8. The summed E-state index contributed by atoms with van der Waals surface area (Å²) in [5.41, 5.74) is 0. The van der Waals surface area contributed by atoms with Crippen molar-refractivity contribution < 1.29 is 24.5 Å². The maximum Gasteiger partial charge on any atom is 0.305 e. The van der Waals surface area contributed by atoms with Gasteiger partial charge in [-0.2, -0.15) is 0 Å². The van der Waals surface area contributed by atoms with Gasteiger partial charge in [-0.1, -0.05) is 353 Å². The quantitative estimate of drug-likeness (QED) is 0.0320. The molecule has 6 heteroatoms. The second-order valence-corrected chi connectivity index (χ2v) is 24.6. The molecule has 0 aliphatic heterocycles. The Morgan fingerprint density at radius 3 is 1.00 bits per heavy atom. The van der Waals surface area contributed by atoms with E-state index in [1.807, 2.05) is 0 Å². The van der Waals surface area contributed by atoms with Gasteiger partial charge in [-0.15, -0.1) is 0 Å². The molecule has 0 saturated heterocycles. The van der Waals surface area contributed by atoms with Crippen LogP contribution in [0.3, 0.4) is 0 Å². The van der Waals surface area contributed by atoms with Crippen molar-refractivity contribution in [3.63, 3.8) is 0 Å². The fraction of sp³-hybridized carbons (Fsp3) is 0.917. The zero-order valence-corrected chi connectivity index (χ0v) is 52.9. The molecule has 0 saturated carbocycles. The van der Waals surface area contributed by atoms with Crippen molar-refractivity contribution in [2.24, 2.45) is 0 Å². The van der Waals surface area contributed by atoms with E-state index in [1.165, 1.54) is 315 Å². The Bertz CT molecular complexity index is 1220. The molecule has 2 atom stereocenters. The van der Waals surface area contributed by atoms with E-state index >= 15 is 0 Å². The third-order valence-corrected chi connectivity index (χ3v) is 16.8. The molecule has 1 amide bonds. The van der Waals surface area contributed by atoms with Crippen LogP contribution in [-0.4, -0.2) is 47.4 Å². The first-order chi connectivity index (χ1) is 38.5. The number of hydrogen-bond donors (Lipinski definition) is 3. The molecule has 0 fully saturated rings. The summed E-state index contributed by atoms with van der Waals surface area (Å²) < 4.78 is 5.51. The lowest BCUT2D eigenvalue weighted by atomic mass is 10.0. The molecule has 0 radical (unpaired) electrons. The van der Waals surface area contributed by atoms with Gasteiger partial charge in [-0.25, -0.2) is 0 Å². The van der Waals surface area contributed by atoms with Gasteiger partial charge in [0.05, 0.1) is 25.4 Å². The van der Waals surface area contributed by atoms with E-state index in [2.05, 4.69) is 43.5 Å². The lowest BCUT2D eigenvalue weighted by Crippen LogP contribution is -2.45. The average molecular weight is 1100 g/mol. The first kappa shape index (κ1) is 76.3. The number of carbonyl (C=O) groups is 2. The van der Waals surface area contributed by atoms with Crippen LogP contribution in [0.25, 0.3) is 0 Å². The normalized spacial score (nSPS) is 12.6. The van der Waals surface area contributed by atoms with Gasteiger partial charge >= 0.3 is 5.97 Å². The SMILES string of the molecule is CCCCC/C=C\C/C=C\CCCCCCCCCCCC(=O)OCCCCCCCCCCCCCCCCCCCCCCCCCC(=O)NC(CO)C(O)CCCCCCCCCCCCCCCCCCCCC. The largest absolute Gasteiger partial charge is 0.466 e. The van der Waals surface area contributed by atoms with Crippen LogP contribution in [0.15, 0.2) is 24.3 Å². The maximum absolute atomic E-state index is 12.5. The molecule has 0 heterocycles. The van der Waals surface area contributed by atoms with Gasteiger partial charge in [-0.3, -0.25) is 9.59 Å². The van der Waals surface area contributed by atoms with E-state index < -0.39 is 12.1 Å². The molecule has 0 aromatic carbocycles. The number of allylic oxidation sites excluding steroid dienone is 4. The Hall–Kier alpha value is -1.66. The summed E-state index contributed by atoms with van der Waals surface area (Å²) in [7, 11) is 0. The van der Waals surface area contributed by atoms with Crippen molar-refractivity contribution in [3.05, 3.63) is 24.3 Å². The van der Waals surface area contributed by atoms with Crippen LogP contribution in [0.4, 0.5) is 0 Å². The standard InChI is InChI=1S/C72H139NO5/c1-3-5-7-9-11-13-15-17-19-21-28-32-36-40-44-48-52-56-60-64-70(75)69(68-74)73-71(76)65-61-57-53-49-45-41-37-33-30-26-24-23-25-27-31-35-39-43-47-51-55-59-63-67-78-72(77)66-62-58-54-50-46-42-38-34-29-22-20-18-16-14-12-10-8-6-4-2/h12,14,18,20,69-70,74-75H,3-11,13,15-17,19,21-68H2,1-2H3,(H,73,76)/b14-12-,20-18-. The minimum atomic E-state index is -0.665. The predicted molar refractivity (Wildman–Crippen MR) is 343 cm³/mol. The molecule has 78 heavy (non-hydrogen) atoms. The summed E-state index contributed by atoms with van der Waals surface area (Å²) >= 11 is 0. The van der Waals surface area contributed by atoms with Gasteiger partial charge in [0.15, 0.2) is 0 Å². The number of aliphatic hydroxyl groups is 2. The summed E-state index contributed by atoms with van der Waals surface area (Å²) in [6, 6.07) is -0.542. The zero-order valence-electron chi connectivity index (χ0n) is 52.9. The van der Waals surface area contributed by atoms with Gasteiger partial charge in [0.1, 0.15) is 0 Å². The minimum absolute atomic E-state index is 0.0116. The van der Waals surface area contributed by atoms with E-state index in [-0.39, 0.29) is 18.5 Å². The highest BCUT2D eigenvalue weighted by Crippen LogP contribution is 2.19. The van der Waals surface area contributed by atoms with E-state index in [0.717, 1.165) is 51.4 Å². The fourth-order valence-electron chi connectivity index (χ4n) is 11.3. The Labute approximate surface area is 488 Å². The highest BCUT2D eigenvalue weighted by Gasteiger charge is 2.20. The maximum atomic E-state index is 12.5. The molecular weight excluding hydrogens is 959 g/mol. The summed E-state index contributed by atoms with van der Waals surface area (Å²) in [6.07, 6.45) is 85.0. The van der Waals surface area contributed by atoms with Crippen LogP contribution in [0.2, 0.25) is 0 Å². The molecule has 0 bridgehead atoms. The van der Waals surface area contributed by atoms with E-state index in [0.29, 0.717) is 25.9 Å². The van der Waals surface area contributed by atoms with Crippen LogP contribution < -0.4 is 5.32 Å². The van der Waals surface area contributed by atoms with Gasteiger partial charge in [-0.05, 0) is 57.8 Å². The van der Waals surface area contributed by atoms with E-state index in [9.17, 15) is 19.8 Å². The molecule has 0 aliphatic carbocycles. The fourth-order valence-corrected chi connectivity index (χ4v) is 11.3. The number of ether oxygens (including phenoxy) is 1. The van der Waals surface area contributed by atoms with Crippen molar-refractivity contribution in [2.75, 3.05) is 13.2 Å². The highest BCUT2D eigenvalue weighted by atomic mass is 16.5. The van der Waals surface area contributed by atoms with Crippen LogP contribution in [0.1, 0.15) is 399 Å². The Balaban J connectivity index is 3.36. The number of amides is 1. The molecular formula is C72H139NO5. The minimum Gasteiger partial charge on any atom is -0.466 e. The number of esters is 1. The number of nitrogens with one attached hydrogen (secondary N) is 1. The Morgan fingerprint density at radius 1 is 0.359 bits per heavy atom. The first-order valence-corrected chi connectivity index (χ1v) is 35.6. The molecule has 0 rings (SSSR count).